The van der Waals surface area contributed by atoms with Crippen LogP contribution in [0.1, 0.15) is 5.56 Å². The van der Waals surface area contributed by atoms with Crippen LogP contribution in [0.2, 0.25) is 0 Å². The second-order valence-electron chi connectivity index (χ2n) is 4.19. The van der Waals surface area contributed by atoms with Crippen LogP contribution in [-0.2, 0) is 10.9 Å². The van der Waals surface area contributed by atoms with Gasteiger partial charge in [-0.3, -0.25) is 0 Å². The monoisotopic (exact) mass is 260 g/mol. The van der Waals surface area contributed by atoms with Crippen molar-refractivity contribution in [3.63, 3.8) is 0 Å². The highest BCUT2D eigenvalue weighted by molar-refractivity contribution is 5.55. The van der Waals surface area contributed by atoms with Crippen molar-refractivity contribution in [1.82, 2.24) is 0 Å². The summed E-state index contributed by atoms with van der Waals surface area (Å²) in [6, 6.07) is 5.59. The first kappa shape index (κ1) is 13.2. The SMILES string of the molecule is NCC1CN(c2ccccc2C(F)(F)F)CCO1. The van der Waals surface area contributed by atoms with Crippen molar-refractivity contribution in [1.29, 1.82) is 0 Å². The van der Waals surface area contributed by atoms with Gasteiger partial charge in [-0.15, -0.1) is 0 Å². The lowest BCUT2D eigenvalue weighted by Crippen LogP contribution is -2.46. The number of hydrogen-bond acceptors (Lipinski definition) is 3. The maximum Gasteiger partial charge on any atom is 0.418 e. The molecule has 2 rings (SSSR count). The Kier molecular flexibility index (Phi) is 3.77. The highest BCUT2D eigenvalue weighted by atomic mass is 19.4. The summed E-state index contributed by atoms with van der Waals surface area (Å²) in [6.45, 7) is 1.55. The van der Waals surface area contributed by atoms with E-state index in [1.54, 1.807) is 11.0 Å². The van der Waals surface area contributed by atoms with Gasteiger partial charge in [-0.25, -0.2) is 0 Å². The van der Waals surface area contributed by atoms with Gasteiger partial charge in [0, 0.05) is 25.3 Å². The Labute approximate surface area is 103 Å². The Bertz CT molecular complexity index is 409. The number of halogens is 3. The average molecular weight is 260 g/mol. The van der Waals surface area contributed by atoms with E-state index >= 15 is 0 Å². The molecule has 18 heavy (non-hydrogen) atoms. The fourth-order valence-corrected chi connectivity index (χ4v) is 2.07. The Morgan fingerprint density at radius 3 is 2.72 bits per heavy atom. The van der Waals surface area contributed by atoms with Crippen LogP contribution in [0.4, 0.5) is 18.9 Å². The number of benzene rings is 1. The molecule has 100 valence electrons. The lowest BCUT2D eigenvalue weighted by molar-refractivity contribution is -0.137. The van der Waals surface area contributed by atoms with Crippen molar-refractivity contribution in [2.24, 2.45) is 5.73 Å². The van der Waals surface area contributed by atoms with E-state index in [0.717, 1.165) is 6.07 Å². The van der Waals surface area contributed by atoms with Gasteiger partial charge in [-0.05, 0) is 12.1 Å². The molecule has 1 atom stereocenters. The van der Waals surface area contributed by atoms with Gasteiger partial charge >= 0.3 is 6.18 Å². The Morgan fingerprint density at radius 2 is 2.06 bits per heavy atom. The number of para-hydroxylation sites is 1. The molecule has 1 fully saturated rings. The van der Waals surface area contributed by atoms with Crippen LogP contribution in [-0.4, -0.2) is 32.3 Å². The second-order valence-corrected chi connectivity index (χ2v) is 4.19. The zero-order valence-electron chi connectivity index (χ0n) is 9.78. The van der Waals surface area contributed by atoms with Crippen molar-refractivity contribution in [2.45, 2.75) is 12.3 Å². The van der Waals surface area contributed by atoms with E-state index in [0.29, 0.717) is 26.2 Å². The highest BCUT2D eigenvalue weighted by Crippen LogP contribution is 2.36. The summed E-state index contributed by atoms with van der Waals surface area (Å²) >= 11 is 0. The summed E-state index contributed by atoms with van der Waals surface area (Å²) in [6.07, 6.45) is -4.55. The Hall–Kier alpha value is -1.27. The molecular weight excluding hydrogens is 245 g/mol. The molecule has 1 saturated heterocycles. The fourth-order valence-electron chi connectivity index (χ4n) is 2.07. The van der Waals surface area contributed by atoms with Gasteiger partial charge in [0.1, 0.15) is 0 Å². The van der Waals surface area contributed by atoms with Crippen LogP contribution in [0.25, 0.3) is 0 Å². The number of anilines is 1. The maximum atomic E-state index is 12.9. The minimum atomic E-state index is -4.34. The van der Waals surface area contributed by atoms with E-state index in [1.807, 2.05) is 0 Å². The molecule has 0 aliphatic carbocycles. The predicted octanol–water partition coefficient (Wildman–Crippen LogP) is 1.87. The summed E-state index contributed by atoms with van der Waals surface area (Å²) in [7, 11) is 0. The summed E-state index contributed by atoms with van der Waals surface area (Å²) < 4.78 is 44.1. The molecule has 0 amide bonds. The van der Waals surface area contributed by atoms with E-state index in [-0.39, 0.29) is 11.8 Å². The second kappa shape index (κ2) is 5.16. The summed E-state index contributed by atoms with van der Waals surface area (Å²) in [5.41, 5.74) is 5.09. The van der Waals surface area contributed by atoms with Crippen LogP contribution < -0.4 is 10.6 Å². The van der Waals surface area contributed by atoms with E-state index < -0.39 is 11.7 Å². The molecule has 0 bridgehead atoms. The van der Waals surface area contributed by atoms with Crippen molar-refractivity contribution in [3.8, 4) is 0 Å². The van der Waals surface area contributed by atoms with Gasteiger partial charge in [-0.2, -0.15) is 13.2 Å². The molecule has 1 aliphatic rings. The molecule has 1 unspecified atom stereocenters. The third-order valence-corrected chi connectivity index (χ3v) is 2.95. The number of rotatable bonds is 2. The van der Waals surface area contributed by atoms with Gasteiger partial charge in [0.15, 0.2) is 0 Å². The van der Waals surface area contributed by atoms with Crippen molar-refractivity contribution in [2.75, 3.05) is 31.1 Å². The molecule has 1 aliphatic heterocycles. The van der Waals surface area contributed by atoms with E-state index in [4.69, 9.17) is 10.5 Å². The quantitative estimate of drug-likeness (QED) is 0.882. The molecule has 0 saturated carbocycles. The zero-order valence-corrected chi connectivity index (χ0v) is 9.78. The number of ether oxygens (including phenoxy) is 1. The molecule has 1 aromatic rings. The molecule has 2 N–H and O–H groups in total. The van der Waals surface area contributed by atoms with Crippen LogP contribution in [0.15, 0.2) is 24.3 Å². The number of morpholine rings is 1. The Balaban J connectivity index is 2.27. The summed E-state index contributed by atoms with van der Waals surface area (Å²) in [5, 5.41) is 0. The number of nitrogens with two attached hydrogens (primary N) is 1. The molecule has 0 aromatic heterocycles. The van der Waals surface area contributed by atoms with Gasteiger partial charge in [-0.1, -0.05) is 12.1 Å². The van der Waals surface area contributed by atoms with Gasteiger partial charge in [0.2, 0.25) is 0 Å². The lowest BCUT2D eigenvalue weighted by Gasteiger charge is -2.35. The smallest absolute Gasteiger partial charge is 0.373 e. The first-order valence-electron chi connectivity index (χ1n) is 5.75. The molecular formula is C12H15F3N2O. The van der Waals surface area contributed by atoms with Crippen molar-refractivity contribution in [3.05, 3.63) is 29.8 Å². The van der Waals surface area contributed by atoms with E-state index in [2.05, 4.69) is 0 Å². The largest absolute Gasteiger partial charge is 0.418 e. The third kappa shape index (κ3) is 2.76. The van der Waals surface area contributed by atoms with Crippen LogP contribution in [0, 0.1) is 0 Å². The van der Waals surface area contributed by atoms with E-state index in [1.165, 1.54) is 12.1 Å². The lowest BCUT2D eigenvalue weighted by atomic mass is 10.1. The first-order chi connectivity index (χ1) is 8.52. The average Bonchev–Trinajstić information content (AvgIpc) is 2.38. The number of hydrogen-bond donors (Lipinski definition) is 1. The molecule has 1 aromatic carbocycles. The maximum absolute atomic E-state index is 12.9. The summed E-state index contributed by atoms with van der Waals surface area (Å²) in [4.78, 5) is 1.68. The minimum Gasteiger partial charge on any atom is -0.373 e. The Morgan fingerprint density at radius 1 is 1.33 bits per heavy atom. The van der Waals surface area contributed by atoms with Crippen LogP contribution in [0.3, 0.4) is 0 Å². The highest BCUT2D eigenvalue weighted by Gasteiger charge is 2.35. The van der Waals surface area contributed by atoms with Crippen molar-refractivity contribution < 1.29 is 17.9 Å². The zero-order chi connectivity index (χ0) is 13.2. The minimum absolute atomic E-state index is 0.201. The number of nitrogens with zero attached hydrogens (tertiary/aromatic N) is 1. The van der Waals surface area contributed by atoms with Crippen molar-refractivity contribution >= 4 is 5.69 Å². The topological polar surface area (TPSA) is 38.5 Å². The molecule has 3 nitrogen and oxygen atoms in total. The first-order valence-corrected chi connectivity index (χ1v) is 5.75. The molecule has 0 spiro atoms. The number of alkyl halides is 3. The van der Waals surface area contributed by atoms with E-state index in [9.17, 15) is 13.2 Å². The van der Waals surface area contributed by atoms with Gasteiger partial charge < -0.3 is 15.4 Å². The molecule has 1 heterocycles. The third-order valence-electron chi connectivity index (χ3n) is 2.95. The normalized spacial score (nSPS) is 21.1. The van der Waals surface area contributed by atoms with Crippen LogP contribution in [0.5, 0.6) is 0 Å². The van der Waals surface area contributed by atoms with Crippen LogP contribution >= 0.6 is 0 Å². The molecule has 0 radical (unpaired) electrons. The van der Waals surface area contributed by atoms with Gasteiger partial charge in [0.05, 0.1) is 18.3 Å². The predicted molar refractivity (Wildman–Crippen MR) is 62.5 cm³/mol. The fraction of sp³-hybridized carbons (Fsp3) is 0.500. The molecule has 6 heteroatoms. The summed E-state index contributed by atoms with van der Waals surface area (Å²) in [5.74, 6) is 0. The van der Waals surface area contributed by atoms with Gasteiger partial charge in [0.25, 0.3) is 0 Å². The standard InChI is InChI=1S/C12H15F3N2O/c13-12(14,15)10-3-1-2-4-11(10)17-5-6-18-9(7-16)8-17/h1-4,9H,5-8,16H2.